The Hall–Kier alpha value is -4.64. The number of nitrogens with one attached hydrogen (secondary N) is 1. The first-order chi connectivity index (χ1) is 19.0. The average molecular weight is 505 g/mol. The molecular weight excluding hydrogens is 477 g/mol. The summed E-state index contributed by atoms with van der Waals surface area (Å²) in [6.45, 7) is 0. The van der Waals surface area contributed by atoms with Crippen molar-refractivity contribution in [3.05, 3.63) is 114 Å². The molecule has 1 aliphatic carbocycles. The van der Waals surface area contributed by atoms with Gasteiger partial charge in [0, 0.05) is 18.8 Å². The molecule has 1 saturated carbocycles. The Morgan fingerprint density at radius 1 is 1.05 bits per heavy atom. The number of benzene rings is 3. The number of nitriles is 1. The highest BCUT2D eigenvalue weighted by Crippen LogP contribution is 2.36. The second-order valence-electron chi connectivity index (χ2n) is 9.52. The molecule has 7 nitrogen and oxygen atoms in total. The number of nitrogens with zero attached hydrogens (tertiary/aromatic N) is 6. The first-order valence-corrected chi connectivity index (χ1v) is 12.6. The van der Waals surface area contributed by atoms with Crippen LogP contribution in [0.15, 0.2) is 85.3 Å². The predicted molar refractivity (Wildman–Crippen MR) is 143 cm³/mol. The van der Waals surface area contributed by atoms with E-state index in [9.17, 15) is 11.0 Å². The van der Waals surface area contributed by atoms with Crippen molar-refractivity contribution in [2.24, 2.45) is 0 Å². The van der Waals surface area contributed by atoms with Crippen molar-refractivity contribution in [2.75, 3.05) is 5.32 Å². The summed E-state index contributed by atoms with van der Waals surface area (Å²) in [7, 11) is 0. The molecule has 0 bridgehead atoms. The van der Waals surface area contributed by atoms with Crippen molar-refractivity contribution in [3.63, 3.8) is 0 Å². The molecule has 2 aromatic heterocycles. The highest BCUT2D eigenvalue weighted by molar-refractivity contribution is 5.89. The molecule has 0 spiro atoms. The molecule has 0 radical (unpaired) electrons. The Labute approximate surface area is 221 Å². The molecule has 1 unspecified atom stereocenters. The van der Waals surface area contributed by atoms with Gasteiger partial charge in [-0.25, -0.2) is 19.0 Å². The van der Waals surface area contributed by atoms with Crippen LogP contribution >= 0.6 is 0 Å². The summed E-state index contributed by atoms with van der Waals surface area (Å²) in [6.07, 6.45) is 6.01. The molecule has 5 aromatic rings. The lowest BCUT2D eigenvalue weighted by atomic mass is 9.89. The lowest BCUT2D eigenvalue weighted by Gasteiger charge is -2.19. The van der Waals surface area contributed by atoms with E-state index in [2.05, 4.69) is 31.7 Å². The van der Waals surface area contributed by atoms with Crippen LogP contribution in [0.3, 0.4) is 0 Å². The van der Waals surface area contributed by atoms with Gasteiger partial charge in [-0.05, 0) is 60.2 Å². The third kappa shape index (κ3) is 5.09. The molecule has 3 aromatic carbocycles. The minimum atomic E-state index is -1.29. The molecule has 6 rings (SSSR count). The van der Waals surface area contributed by atoms with E-state index in [0.717, 1.165) is 34.9 Å². The number of halogens is 1. The Morgan fingerprint density at radius 3 is 2.63 bits per heavy atom. The fourth-order valence-electron chi connectivity index (χ4n) is 4.65. The number of hydrogen-bond donors (Lipinski definition) is 1. The van der Waals surface area contributed by atoms with E-state index in [0.29, 0.717) is 23.1 Å². The van der Waals surface area contributed by atoms with Crippen LogP contribution in [-0.2, 0) is 6.42 Å². The standard InChI is InChI=1S/C30H26FN7/c31-23-9-7-21(8-10-23)25(29-18-38(37-36-29)24-11-12-24)16-20-6-13-28-26(17-20)30(34-19-33-28)35-27(14-15-32)22-4-2-1-3-5-22/h1-10,13,17-19,24-25,27H,11-12,14,16H2,(H,33,34,35)/t25-,27?/m1/s1/i25D. The van der Waals surface area contributed by atoms with E-state index >= 15 is 0 Å². The van der Waals surface area contributed by atoms with Crippen molar-refractivity contribution >= 4 is 16.7 Å². The molecule has 1 fully saturated rings. The van der Waals surface area contributed by atoms with Crippen molar-refractivity contribution in [2.45, 2.75) is 43.7 Å². The fraction of sp³-hybridized carbons (Fsp3) is 0.233. The van der Waals surface area contributed by atoms with Crippen molar-refractivity contribution in [1.82, 2.24) is 25.0 Å². The van der Waals surface area contributed by atoms with Crippen LogP contribution in [0.5, 0.6) is 0 Å². The summed E-state index contributed by atoms with van der Waals surface area (Å²) in [5.74, 6) is -1.03. The topological polar surface area (TPSA) is 92.3 Å². The average Bonchev–Trinajstić information content (AvgIpc) is 3.69. The van der Waals surface area contributed by atoms with Crippen LogP contribution in [0.4, 0.5) is 10.2 Å². The zero-order valence-electron chi connectivity index (χ0n) is 21.6. The van der Waals surface area contributed by atoms with E-state index in [1.807, 2.05) is 59.4 Å². The van der Waals surface area contributed by atoms with Gasteiger partial charge in [0.2, 0.25) is 0 Å². The van der Waals surface area contributed by atoms with E-state index in [1.165, 1.54) is 18.5 Å². The number of rotatable bonds is 9. The molecule has 0 aliphatic heterocycles. The van der Waals surface area contributed by atoms with E-state index in [-0.39, 0.29) is 24.7 Å². The van der Waals surface area contributed by atoms with Gasteiger partial charge in [-0.3, -0.25) is 0 Å². The van der Waals surface area contributed by atoms with Crippen molar-refractivity contribution in [3.8, 4) is 6.07 Å². The molecule has 1 aliphatic rings. The van der Waals surface area contributed by atoms with Gasteiger partial charge in [0.05, 0.1) is 35.8 Å². The number of anilines is 1. The normalized spacial score (nSPS) is 15.8. The summed E-state index contributed by atoms with van der Waals surface area (Å²) in [5, 5.41) is 22.3. The monoisotopic (exact) mass is 504 g/mol. The minimum Gasteiger partial charge on any atom is -0.362 e. The number of hydrogen-bond acceptors (Lipinski definition) is 6. The highest BCUT2D eigenvalue weighted by atomic mass is 19.1. The van der Waals surface area contributed by atoms with Gasteiger partial charge in [0.1, 0.15) is 18.0 Å². The summed E-state index contributed by atoms with van der Waals surface area (Å²) in [5.41, 5.74) is 3.76. The summed E-state index contributed by atoms with van der Waals surface area (Å²) < 4.78 is 25.2. The molecule has 0 amide bonds. The zero-order chi connectivity index (χ0) is 26.8. The van der Waals surface area contributed by atoms with Gasteiger partial charge in [-0.1, -0.05) is 53.7 Å². The van der Waals surface area contributed by atoms with Crippen molar-refractivity contribution in [1.29, 1.82) is 5.26 Å². The molecule has 2 heterocycles. The fourth-order valence-corrected chi connectivity index (χ4v) is 4.65. The number of aromatic nitrogens is 5. The summed E-state index contributed by atoms with van der Waals surface area (Å²) in [6, 6.07) is 24.0. The SMILES string of the molecule is [2H][C@@](Cc1ccc2ncnc(NC(CC#N)c3ccccc3)c2c1)(c1ccc(F)cc1)c1cn(C2CC2)nn1. The lowest BCUT2D eigenvalue weighted by Crippen LogP contribution is -2.12. The smallest absolute Gasteiger partial charge is 0.137 e. The van der Waals surface area contributed by atoms with Gasteiger partial charge in [0.25, 0.3) is 0 Å². The molecule has 38 heavy (non-hydrogen) atoms. The van der Waals surface area contributed by atoms with Crippen LogP contribution in [-0.4, -0.2) is 25.0 Å². The van der Waals surface area contributed by atoms with Crippen LogP contribution in [0.2, 0.25) is 0 Å². The highest BCUT2D eigenvalue weighted by Gasteiger charge is 2.27. The number of fused-ring (bicyclic) bond motifs is 1. The molecule has 8 heteroatoms. The maximum Gasteiger partial charge on any atom is 0.137 e. The van der Waals surface area contributed by atoms with Gasteiger partial charge in [-0.15, -0.1) is 5.10 Å². The minimum absolute atomic E-state index is 0.245. The van der Waals surface area contributed by atoms with Gasteiger partial charge in [0.15, 0.2) is 0 Å². The van der Waals surface area contributed by atoms with Crippen LogP contribution in [0.1, 0.15) is 61.0 Å². The second-order valence-corrected chi connectivity index (χ2v) is 9.52. The van der Waals surface area contributed by atoms with E-state index < -0.39 is 5.89 Å². The molecule has 1 N–H and O–H groups in total. The van der Waals surface area contributed by atoms with Crippen LogP contribution in [0.25, 0.3) is 10.9 Å². The first-order valence-electron chi connectivity index (χ1n) is 13.1. The van der Waals surface area contributed by atoms with Crippen LogP contribution < -0.4 is 5.32 Å². The lowest BCUT2D eigenvalue weighted by molar-refractivity contribution is 0.610. The Balaban J connectivity index is 1.38. The molecule has 188 valence electrons. The third-order valence-corrected chi connectivity index (χ3v) is 6.82. The summed E-state index contributed by atoms with van der Waals surface area (Å²) >= 11 is 0. The first kappa shape index (κ1) is 22.5. The molecular formula is C30H26FN7. The Kier molecular flexibility index (Phi) is 6.16. The van der Waals surface area contributed by atoms with E-state index in [1.54, 1.807) is 12.1 Å². The summed E-state index contributed by atoms with van der Waals surface area (Å²) in [4.78, 5) is 8.93. The van der Waals surface area contributed by atoms with Crippen LogP contribution in [0, 0.1) is 17.1 Å². The largest absolute Gasteiger partial charge is 0.362 e. The maximum absolute atomic E-state index is 13.8. The van der Waals surface area contributed by atoms with E-state index in [4.69, 9.17) is 0 Å². The maximum atomic E-state index is 13.8. The Bertz CT molecular complexity index is 1640. The Morgan fingerprint density at radius 2 is 1.87 bits per heavy atom. The molecule has 2 atom stereocenters. The van der Waals surface area contributed by atoms with Gasteiger partial charge in [-0.2, -0.15) is 5.26 Å². The van der Waals surface area contributed by atoms with Gasteiger partial charge < -0.3 is 5.32 Å². The molecule has 0 saturated heterocycles. The quantitative estimate of drug-likeness (QED) is 0.259. The second kappa shape index (κ2) is 10.4. The van der Waals surface area contributed by atoms with Gasteiger partial charge >= 0.3 is 0 Å². The third-order valence-electron chi connectivity index (χ3n) is 6.82. The predicted octanol–water partition coefficient (Wildman–Crippen LogP) is 6.14. The van der Waals surface area contributed by atoms with Crippen molar-refractivity contribution < 1.29 is 5.76 Å². The zero-order valence-corrected chi connectivity index (χ0v) is 20.6.